The molecule has 0 aromatic carbocycles. The van der Waals surface area contributed by atoms with Gasteiger partial charge in [0.25, 0.3) is 0 Å². The third-order valence-corrected chi connectivity index (χ3v) is 12.4. The van der Waals surface area contributed by atoms with Crippen LogP contribution in [0, 0.1) is 0 Å². The van der Waals surface area contributed by atoms with E-state index in [1.807, 2.05) is 6.08 Å². The van der Waals surface area contributed by atoms with Gasteiger partial charge in [-0.2, -0.15) is 0 Å². The van der Waals surface area contributed by atoms with Crippen LogP contribution in [0.5, 0.6) is 0 Å². The number of esters is 3. The Morgan fingerprint density at radius 1 is 0.304 bits per heavy atom. The third-order valence-electron chi connectivity index (χ3n) is 12.4. The number of unbranched alkanes of at least 4 members (excludes halogenated alkanes) is 27. The van der Waals surface area contributed by atoms with E-state index in [9.17, 15) is 14.4 Å². The van der Waals surface area contributed by atoms with Gasteiger partial charge in [0.2, 0.25) is 0 Å². The molecule has 0 aromatic heterocycles. The van der Waals surface area contributed by atoms with Crippen LogP contribution in [0.2, 0.25) is 0 Å². The molecule has 0 rings (SSSR count). The molecule has 0 aromatic rings. The molecule has 6 heteroatoms. The van der Waals surface area contributed by atoms with Gasteiger partial charge in [0.15, 0.2) is 6.10 Å². The predicted molar refractivity (Wildman–Crippen MR) is 297 cm³/mol. The van der Waals surface area contributed by atoms with E-state index in [1.165, 1.54) is 141 Å². The van der Waals surface area contributed by atoms with Gasteiger partial charge in [0.1, 0.15) is 13.2 Å². The number of rotatable bonds is 52. The molecule has 1 unspecified atom stereocenters. The lowest BCUT2D eigenvalue weighted by molar-refractivity contribution is -0.166. The molecule has 396 valence electrons. The highest BCUT2D eigenvalue weighted by molar-refractivity contribution is 5.71. The van der Waals surface area contributed by atoms with Crippen molar-refractivity contribution in [2.75, 3.05) is 13.2 Å². The molecule has 6 nitrogen and oxygen atoms in total. The number of carbonyl (C=O) groups excluding carboxylic acids is 3. The maximum atomic E-state index is 12.9. The molecule has 0 saturated carbocycles. The van der Waals surface area contributed by atoms with Crippen molar-refractivity contribution in [2.24, 2.45) is 0 Å². The molecular weight excluding hydrogens is 853 g/mol. The van der Waals surface area contributed by atoms with Gasteiger partial charge in [-0.15, -0.1) is 0 Å². The van der Waals surface area contributed by atoms with Crippen LogP contribution < -0.4 is 0 Å². The van der Waals surface area contributed by atoms with Crippen molar-refractivity contribution < 1.29 is 28.6 Å². The van der Waals surface area contributed by atoms with Crippen molar-refractivity contribution in [3.63, 3.8) is 0 Å². The van der Waals surface area contributed by atoms with Crippen LogP contribution in [0.1, 0.15) is 278 Å². The lowest BCUT2D eigenvalue weighted by Gasteiger charge is -2.18. The van der Waals surface area contributed by atoms with Gasteiger partial charge in [-0.05, 0) is 83.5 Å². The zero-order valence-corrected chi connectivity index (χ0v) is 45.3. The molecule has 0 amide bonds. The zero-order valence-electron chi connectivity index (χ0n) is 45.3. The summed E-state index contributed by atoms with van der Waals surface area (Å²) >= 11 is 0. The Hall–Kier alpha value is -3.41. The van der Waals surface area contributed by atoms with E-state index in [4.69, 9.17) is 14.2 Å². The summed E-state index contributed by atoms with van der Waals surface area (Å²) in [5.41, 5.74) is 0. The molecule has 69 heavy (non-hydrogen) atoms. The Balaban J connectivity index is 4.49. The summed E-state index contributed by atoms with van der Waals surface area (Å²) in [6.45, 7) is 6.47. The summed E-state index contributed by atoms with van der Waals surface area (Å²) < 4.78 is 16.8. The quantitative estimate of drug-likeness (QED) is 0.0262. The van der Waals surface area contributed by atoms with E-state index in [0.717, 1.165) is 89.9 Å². The Morgan fingerprint density at radius 3 is 0.971 bits per heavy atom. The van der Waals surface area contributed by atoms with Gasteiger partial charge in [0.05, 0.1) is 0 Å². The summed E-state index contributed by atoms with van der Waals surface area (Å²) in [6, 6.07) is 0. The van der Waals surface area contributed by atoms with Crippen molar-refractivity contribution in [3.8, 4) is 0 Å². The highest BCUT2D eigenvalue weighted by atomic mass is 16.6. The van der Waals surface area contributed by atoms with Gasteiger partial charge >= 0.3 is 17.9 Å². The van der Waals surface area contributed by atoms with E-state index in [0.29, 0.717) is 19.3 Å². The first-order chi connectivity index (χ1) is 34.0. The number of hydrogen-bond acceptors (Lipinski definition) is 6. The summed E-state index contributed by atoms with van der Waals surface area (Å²) in [4.78, 5) is 38.1. The molecule has 0 saturated heterocycles. The minimum atomic E-state index is -0.810. The first-order valence-corrected chi connectivity index (χ1v) is 29.1. The Morgan fingerprint density at radius 2 is 0.594 bits per heavy atom. The summed E-state index contributed by atoms with van der Waals surface area (Å²) in [5, 5.41) is 0. The van der Waals surface area contributed by atoms with Crippen molar-refractivity contribution in [1.82, 2.24) is 0 Å². The summed E-state index contributed by atoms with van der Waals surface area (Å²) in [6.07, 6.45) is 74.4. The molecule has 0 aliphatic rings. The van der Waals surface area contributed by atoms with Crippen LogP contribution in [-0.2, 0) is 28.6 Å². The van der Waals surface area contributed by atoms with E-state index in [2.05, 4.69) is 99.8 Å². The fraction of sp³-hybridized carbons (Fsp3) is 0.730. The second kappa shape index (κ2) is 57.2. The lowest BCUT2D eigenvalue weighted by atomic mass is 10.0. The number of carbonyl (C=O) groups is 3. The molecule has 0 radical (unpaired) electrons. The first-order valence-electron chi connectivity index (χ1n) is 29.1. The Labute approximate surface area is 426 Å². The lowest BCUT2D eigenvalue weighted by Crippen LogP contribution is -2.30. The van der Waals surface area contributed by atoms with Crippen molar-refractivity contribution in [1.29, 1.82) is 0 Å². The highest BCUT2D eigenvalue weighted by Gasteiger charge is 2.19. The molecule has 0 aliphatic carbocycles. The maximum absolute atomic E-state index is 12.9. The van der Waals surface area contributed by atoms with Gasteiger partial charge in [0, 0.05) is 19.3 Å². The van der Waals surface area contributed by atoms with Crippen LogP contribution in [0.15, 0.2) is 85.1 Å². The van der Waals surface area contributed by atoms with Crippen LogP contribution in [0.3, 0.4) is 0 Å². The SMILES string of the molecule is CC/C=C\C/C=C\C/C=C\C/C=C\C/C=C\C/C=C\CCC(=O)OCC(COC(=O)CCCCCCCCCCCCCCCC)OC(=O)CCCCCCC/C=C\CCCCCCCCCCC. The molecule has 0 fully saturated rings. The normalized spacial score (nSPS) is 12.7. The topological polar surface area (TPSA) is 78.9 Å². The molecule has 0 heterocycles. The Bertz CT molecular complexity index is 1330. The molecule has 0 aliphatic heterocycles. The van der Waals surface area contributed by atoms with Gasteiger partial charge in [-0.3, -0.25) is 14.4 Å². The van der Waals surface area contributed by atoms with Crippen molar-refractivity contribution in [3.05, 3.63) is 85.1 Å². The monoisotopic (exact) mass is 961 g/mol. The van der Waals surface area contributed by atoms with Gasteiger partial charge in [-0.1, -0.05) is 260 Å². The molecule has 0 bridgehead atoms. The zero-order chi connectivity index (χ0) is 50.0. The highest BCUT2D eigenvalue weighted by Crippen LogP contribution is 2.15. The number of allylic oxidation sites excluding steroid dienone is 14. The van der Waals surface area contributed by atoms with Crippen LogP contribution in [0.25, 0.3) is 0 Å². The van der Waals surface area contributed by atoms with Gasteiger partial charge in [-0.25, -0.2) is 0 Å². The fourth-order valence-electron chi connectivity index (χ4n) is 8.05. The van der Waals surface area contributed by atoms with Crippen molar-refractivity contribution in [2.45, 2.75) is 284 Å². The molecule has 0 spiro atoms. The summed E-state index contributed by atoms with van der Waals surface area (Å²) in [5.74, 6) is -0.989. The minimum absolute atomic E-state index is 0.101. The summed E-state index contributed by atoms with van der Waals surface area (Å²) in [7, 11) is 0. The average molecular weight is 962 g/mol. The molecular formula is C63H108O6. The molecule has 0 N–H and O–H groups in total. The maximum Gasteiger partial charge on any atom is 0.306 e. The predicted octanol–water partition coefficient (Wildman–Crippen LogP) is 19.5. The Kier molecular flexibility index (Phi) is 54.3. The fourth-order valence-corrected chi connectivity index (χ4v) is 8.05. The van der Waals surface area contributed by atoms with E-state index in [-0.39, 0.29) is 37.5 Å². The van der Waals surface area contributed by atoms with Gasteiger partial charge < -0.3 is 14.2 Å². The standard InChI is InChI=1S/C63H108O6/c1-4-7-10-13-16-19-22-25-28-30-32-34-35-38-41-44-47-50-53-56-62(65)68-59-60(58-67-61(64)55-52-49-46-43-40-37-27-24-21-18-15-12-9-6-3)69-63(66)57-54-51-48-45-42-39-36-33-31-29-26-23-20-17-14-11-8-5-2/h7,10,16,19,25,28,32-34,36,38,41,47,50,60H,4-6,8-9,11-15,17-18,20-24,26-27,29-31,35,37,39-40,42-46,48-49,51-59H2,1-3H3/b10-7-,19-16-,28-25-,34-32-,36-33-,41-38-,50-47-. The minimum Gasteiger partial charge on any atom is -0.462 e. The number of hydrogen-bond donors (Lipinski definition) is 0. The smallest absolute Gasteiger partial charge is 0.306 e. The van der Waals surface area contributed by atoms with E-state index in [1.54, 1.807) is 0 Å². The average Bonchev–Trinajstić information content (AvgIpc) is 3.35. The van der Waals surface area contributed by atoms with Crippen molar-refractivity contribution >= 4 is 17.9 Å². The van der Waals surface area contributed by atoms with Crippen LogP contribution in [0.4, 0.5) is 0 Å². The van der Waals surface area contributed by atoms with Crippen LogP contribution >= 0.6 is 0 Å². The third kappa shape index (κ3) is 55.4. The molecule has 1 atom stereocenters. The van der Waals surface area contributed by atoms with E-state index < -0.39 is 6.10 Å². The van der Waals surface area contributed by atoms with Crippen LogP contribution in [-0.4, -0.2) is 37.2 Å². The second-order valence-corrected chi connectivity index (χ2v) is 19.2. The van der Waals surface area contributed by atoms with E-state index >= 15 is 0 Å². The first kappa shape index (κ1) is 65.6. The second-order valence-electron chi connectivity index (χ2n) is 19.2. The largest absolute Gasteiger partial charge is 0.462 e. The number of ether oxygens (including phenoxy) is 3.